The van der Waals surface area contributed by atoms with Gasteiger partial charge in [0.1, 0.15) is 5.82 Å². The molecule has 0 aliphatic heterocycles. The van der Waals surface area contributed by atoms with Crippen molar-refractivity contribution in [3.63, 3.8) is 0 Å². The minimum atomic E-state index is -0.0917. The largest absolute Gasteiger partial charge is 0.313 e. The normalized spacial score (nSPS) is 31.7. The smallest absolute Gasteiger partial charge is 0.123 e. The maximum Gasteiger partial charge on any atom is 0.123 e. The van der Waals surface area contributed by atoms with Crippen molar-refractivity contribution in [3.05, 3.63) is 35.1 Å². The Hall–Kier alpha value is -0.890. The first-order valence-corrected chi connectivity index (χ1v) is 7.07. The van der Waals surface area contributed by atoms with E-state index in [1.165, 1.54) is 17.5 Å². The highest BCUT2D eigenvalue weighted by Crippen LogP contribution is 2.62. The van der Waals surface area contributed by atoms with Gasteiger partial charge in [-0.15, -0.1) is 0 Å². The monoisotopic (exact) mass is 247 g/mol. The minimum absolute atomic E-state index is 0.0917. The van der Waals surface area contributed by atoms with Crippen molar-refractivity contribution < 1.29 is 4.39 Å². The summed E-state index contributed by atoms with van der Waals surface area (Å²) < 4.78 is 13.3. The van der Waals surface area contributed by atoms with Crippen LogP contribution in [0.1, 0.15) is 44.2 Å². The summed E-state index contributed by atoms with van der Waals surface area (Å²) in [6.45, 7) is 7.98. The molecule has 2 heteroatoms. The number of rotatable bonds is 3. The quantitative estimate of drug-likeness (QED) is 0.862. The minimum Gasteiger partial charge on any atom is -0.313 e. The summed E-state index contributed by atoms with van der Waals surface area (Å²) in [5.41, 5.74) is 2.92. The molecule has 0 amide bonds. The van der Waals surface area contributed by atoms with Crippen LogP contribution in [0.25, 0.3) is 0 Å². The molecule has 1 aromatic carbocycles. The van der Waals surface area contributed by atoms with Crippen LogP contribution in [0.3, 0.4) is 0 Å². The van der Waals surface area contributed by atoms with Crippen molar-refractivity contribution in [1.29, 1.82) is 0 Å². The number of benzene rings is 1. The van der Waals surface area contributed by atoms with Crippen molar-refractivity contribution in [1.82, 2.24) is 5.32 Å². The van der Waals surface area contributed by atoms with Crippen LogP contribution in [0.15, 0.2) is 18.2 Å². The molecule has 18 heavy (non-hydrogen) atoms. The molecule has 1 fully saturated rings. The lowest BCUT2D eigenvalue weighted by molar-refractivity contribution is 0.00207. The second-order valence-electron chi connectivity index (χ2n) is 6.44. The number of halogens is 1. The topological polar surface area (TPSA) is 12.0 Å². The SMILES string of the molecule is CCCNC1C2Cc3cc(F)ccc3C2C1(C)C. The van der Waals surface area contributed by atoms with E-state index in [9.17, 15) is 4.39 Å². The third-order valence-electron chi connectivity index (χ3n) is 4.97. The zero-order chi connectivity index (χ0) is 12.9. The van der Waals surface area contributed by atoms with E-state index in [1.54, 1.807) is 12.1 Å². The lowest BCUT2D eigenvalue weighted by Crippen LogP contribution is -2.61. The zero-order valence-corrected chi connectivity index (χ0v) is 11.5. The summed E-state index contributed by atoms with van der Waals surface area (Å²) in [6, 6.07) is 5.94. The van der Waals surface area contributed by atoms with Crippen LogP contribution in [0.5, 0.6) is 0 Å². The summed E-state index contributed by atoms with van der Waals surface area (Å²) in [7, 11) is 0. The molecule has 3 unspecified atom stereocenters. The van der Waals surface area contributed by atoms with Gasteiger partial charge in [0, 0.05) is 6.04 Å². The molecule has 0 bridgehead atoms. The van der Waals surface area contributed by atoms with Gasteiger partial charge in [-0.3, -0.25) is 0 Å². The Bertz CT molecular complexity index is 466. The Balaban J connectivity index is 1.87. The van der Waals surface area contributed by atoms with Crippen LogP contribution in [0.4, 0.5) is 4.39 Å². The van der Waals surface area contributed by atoms with Crippen molar-refractivity contribution in [2.45, 2.75) is 45.6 Å². The maximum absolute atomic E-state index is 13.3. The molecule has 0 saturated heterocycles. The van der Waals surface area contributed by atoms with Crippen molar-refractivity contribution in [2.75, 3.05) is 6.54 Å². The van der Waals surface area contributed by atoms with Gasteiger partial charge in [-0.1, -0.05) is 26.8 Å². The molecule has 3 rings (SSSR count). The van der Waals surface area contributed by atoms with Crippen LogP contribution in [0, 0.1) is 17.2 Å². The summed E-state index contributed by atoms with van der Waals surface area (Å²) in [4.78, 5) is 0. The van der Waals surface area contributed by atoms with Gasteiger partial charge >= 0.3 is 0 Å². The van der Waals surface area contributed by atoms with E-state index in [4.69, 9.17) is 0 Å². The molecule has 3 atom stereocenters. The molecule has 0 spiro atoms. The Labute approximate surface area is 109 Å². The highest BCUT2D eigenvalue weighted by atomic mass is 19.1. The molecule has 1 nitrogen and oxygen atoms in total. The van der Waals surface area contributed by atoms with Crippen molar-refractivity contribution in [3.8, 4) is 0 Å². The fourth-order valence-corrected chi connectivity index (χ4v) is 4.26. The first-order valence-electron chi connectivity index (χ1n) is 7.07. The van der Waals surface area contributed by atoms with Crippen LogP contribution < -0.4 is 5.32 Å². The standard InChI is InChI=1S/C16H22FN/c1-4-7-18-15-13-9-10-8-11(17)5-6-12(10)14(13)16(15,2)3/h5-6,8,13-15,18H,4,7,9H2,1-3H3. The molecule has 0 heterocycles. The second-order valence-corrected chi connectivity index (χ2v) is 6.44. The third kappa shape index (κ3) is 1.55. The average molecular weight is 247 g/mol. The summed E-state index contributed by atoms with van der Waals surface area (Å²) in [6.07, 6.45) is 2.22. The third-order valence-corrected chi connectivity index (χ3v) is 4.97. The van der Waals surface area contributed by atoms with Gasteiger partial charge in [-0.05, 0) is 59.9 Å². The van der Waals surface area contributed by atoms with E-state index in [1.807, 2.05) is 6.07 Å². The van der Waals surface area contributed by atoms with Gasteiger partial charge in [-0.25, -0.2) is 4.39 Å². The van der Waals surface area contributed by atoms with E-state index in [2.05, 4.69) is 26.1 Å². The Morgan fingerprint density at radius 1 is 1.39 bits per heavy atom. The number of hydrogen-bond donors (Lipinski definition) is 1. The average Bonchev–Trinajstić information content (AvgIpc) is 2.65. The number of hydrogen-bond acceptors (Lipinski definition) is 1. The summed E-state index contributed by atoms with van der Waals surface area (Å²) >= 11 is 0. The molecule has 1 aromatic rings. The van der Waals surface area contributed by atoms with Crippen LogP contribution in [-0.4, -0.2) is 12.6 Å². The molecular weight excluding hydrogens is 225 g/mol. The molecule has 2 aliphatic carbocycles. The zero-order valence-electron chi connectivity index (χ0n) is 11.5. The molecule has 98 valence electrons. The Morgan fingerprint density at radius 2 is 2.17 bits per heavy atom. The maximum atomic E-state index is 13.3. The molecule has 0 aromatic heterocycles. The second kappa shape index (κ2) is 4.06. The highest BCUT2D eigenvalue weighted by molar-refractivity contribution is 5.43. The van der Waals surface area contributed by atoms with E-state index in [-0.39, 0.29) is 5.82 Å². The molecule has 1 saturated carbocycles. The van der Waals surface area contributed by atoms with Crippen molar-refractivity contribution in [2.24, 2.45) is 11.3 Å². The predicted molar refractivity (Wildman–Crippen MR) is 72.2 cm³/mol. The first kappa shape index (κ1) is 12.2. The van der Waals surface area contributed by atoms with Gasteiger partial charge < -0.3 is 5.32 Å². The van der Waals surface area contributed by atoms with Gasteiger partial charge in [0.25, 0.3) is 0 Å². The van der Waals surface area contributed by atoms with Gasteiger partial charge in [0.15, 0.2) is 0 Å². The van der Waals surface area contributed by atoms with Gasteiger partial charge in [0.2, 0.25) is 0 Å². The summed E-state index contributed by atoms with van der Waals surface area (Å²) in [5.74, 6) is 1.19. The molecule has 1 N–H and O–H groups in total. The van der Waals surface area contributed by atoms with Crippen LogP contribution in [-0.2, 0) is 6.42 Å². The van der Waals surface area contributed by atoms with Crippen LogP contribution >= 0.6 is 0 Å². The molecule has 2 aliphatic rings. The lowest BCUT2D eigenvalue weighted by Gasteiger charge is -2.56. The van der Waals surface area contributed by atoms with Gasteiger partial charge in [-0.2, -0.15) is 0 Å². The van der Waals surface area contributed by atoms with E-state index < -0.39 is 0 Å². The fourth-order valence-electron chi connectivity index (χ4n) is 4.26. The predicted octanol–water partition coefficient (Wildman–Crippen LogP) is 3.49. The fraction of sp³-hybridized carbons (Fsp3) is 0.625. The Kier molecular flexibility index (Phi) is 2.74. The molecule has 0 radical (unpaired) electrons. The van der Waals surface area contributed by atoms with E-state index in [0.717, 1.165) is 13.0 Å². The number of fused-ring (bicyclic) bond motifs is 3. The van der Waals surface area contributed by atoms with Crippen LogP contribution in [0.2, 0.25) is 0 Å². The molecular formula is C16H22FN. The van der Waals surface area contributed by atoms with Crippen molar-refractivity contribution >= 4 is 0 Å². The van der Waals surface area contributed by atoms with E-state index >= 15 is 0 Å². The highest BCUT2D eigenvalue weighted by Gasteiger charge is 2.59. The number of nitrogens with one attached hydrogen (secondary N) is 1. The van der Waals surface area contributed by atoms with Gasteiger partial charge in [0.05, 0.1) is 0 Å². The Morgan fingerprint density at radius 3 is 2.89 bits per heavy atom. The van der Waals surface area contributed by atoms with E-state index in [0.29, 0.717) is 23.3 Å². The lowest BCUT2D eigenvalue weighted by atomic mass is 9.52. The summed E-state index contributed by atoms with van der Waals surface area (Å²) in [5, 5.41) is 3.69. The first-order chi connectivity index (χ1) is 8.55.